The molecule has 0 aliphatic carbocycles. The first-order valence-corrected chi connectivity index (χ1v) is 9.57. The Morgan fingerprint density at radius 1 is 1.17 bits per heavy atom. The van der Waals surface area contributed by atoms with Gasteiger partial charge in [0.2, 0.25) is 11.8 Å². The molecule has 2 aromatic rings. The Kier molecular flexibility index (Phi) is 7.16. The topological polar surface area (TPSA) is 113 Å². The lowest BCUT2D eigenvalue weighted by atomic mass is 10.00. The van der Waals surface area contributed by atoms with Gasteiger partial charge in [0.1, 0.15) is 12.4 Å². The van der Waals surface area contributed by atoms with E-state index in [1.54, 1.807) is 6.07 Å². The molecule has 3 rings (SSSR count). The van der Waals surface area contributed by atoms with E-state index < -0.39 is 17.9 Å². The maximum atomic E-state index is 12.7. The van der Waals surface area contributed by atoms with Crippen LogP contribution >= 0.6 is 0 Å². The zero-order valence-electron chi connectivity index (χ0n) is 16.0. The van der Waals surface area contributed by atoms with Gasteiger partial charge in [-0.1, -0.05) is 42.5 Å². The highest BCUT2D eigenvalue weighted by Crippen LogP contribution is 2.19. The SMILES string of the molecule is O=C(C[C@@H]1C/C=C/CCC(=O)N[C@H](c2ccccc2)COC1=O)Nc1ccn[nH]1. The molecule has 0 saturated carbocycles. The highest BCUT2D eigenvalue weighted by molar-refractivity contribution is 5.92. The summed E-state index contributed by atoms with van der Waals surface area (Å²) in [6.45, 7) is 0.0109. The third-order valence-corrected chi connectivity index (χ3v) is 4.59. The molecule has 152 valence electrons. The van der Waals surface area contributed by atoms with Crippen LogP contribution in [0.1, 0.15) is 37.3 Å². The quantitative estimate of drug-likeness (QED) is 0.543. The molecule has 1 aliphatic heterocycles. The molecule has 2 amide bonds. The van der Waals surface area contributed by atoms with Crippen LogP contribution in [0.3, 0.4) is 0 Å². The Morgan fingerprint density at radius 2 is 2.00 bits per heavy atom. The third kappa shape index (κ3) is 6.31. The first-order chi connectivity index (χ1) is 14.1. The Morgan fingerprint density at radius 3 is 2.76 bits per heavy atom. The Labute approximate surface area is 168 Å². The Hall–Kier alpha value is -3.42. The van der Waals surface area contributed by atoms with Crippen LogP contribution in [0.25, 0.3) is 0 Å². The van der Waals surface area contributed by atoms with E-state index in [-0.39, 0.29) is 24.8 Å². The summed E-state index contributed by atoms with van der Waals surface area (Å²) in [5.41, 5.74) is 0.856. The predicted octanol–water partition coefficient (Wildman–Crippen LogP) is 2.50. The average molecular weight is 396 g/mol. The number of esters is 1. The number of allylic oxidation sites excluding steroid dienone is 2. The zero-order valence-corrected chi connectivity index (χ0v) is 16.0. The molecule has 1 aliphatic rings. The average Bonchev–Trinajstić information content (AvgIpc) is 3.22. The van der Waals surface area contributed by atoms with Gasteiger partial charge in [0, 0.05) is 18.9 Å². The van der Waals surface area contributed by atoms with Gasteiger partial charge >= 0.3 is 5.97 Å². The number of carbonyl (C=O) groups excluding carboxylic acids is 3. The molecular formula is C21H24N4O4. The molecule has 0 radical (unpaired) electrons. The zero-order chi connectivity index (χ0) is 20.5. The van der Waals surface area contributed by atoms with E-state index in [0.29, 0.717) is 25.1 Å². The van der Waals surface area contributed by atoms with Gasteiger partial charge in [0.25, 0.3) is 0 Å². The number of rotatable bonds is 4. The number of H-pyrrole nitrogens is 1. The summed E-state index contributed by atoms with van der Waals surface area (Å²) in [5, 5.41) is 12.0. The molecule has 2 atom stereocenters. The molecule has 8 nitrogen and oxygen atoms in total. The van der Waals surface area contributed by atoms with Crippen LogP contribution in [0, 0.1) is 5.92 Å². The van der Waals surface area contributed by atoms with Crippen molar-refractivity contribution in [2.24, 2.45) is 5.92 Å². The van der Waals surface area contributed by atoms with Crippen LogP contribution in [0.5, 0.6) is 0 Å². The largest absolute Gasteiger partial charge is 0.463 e. The number of carbonyl (C=O) groups is 3. The number of hydrogen-bond acceptors (Lipinski definition) is 5. The van der Waals surface area contributed by atoms with Crippen molar-refractivity contribution in [3.63, 3.8) is 0 Å². The van der Waals surface area contributed by atoms with Crippen LogP contribution < -0.4 is 10.6 Å². The van der Waals surface area contributed by atoms with E-state index in [2.05, 4.69) is 20.8 Å². The monoisotopic (exact) mass is 396 g/mol. The smallest absolute Gasteiger partial charge is 0.309 e. The number of ether oxygens (including phenoxy) is 1. The number of nitrogens with zero attached hydrogens (tertiary/aromatic N) is 1. The molecule has 0 spiro atoms. The van der Waals surface area contributed by atoms with Crippen LogP contribution in [0.4, 0.5) is 5.82 Å². The van der Waals surface area contributed by atoms with E-state index in [0.717, 1.165) is 5.56 Å². The van der Waals surface area contributed by atoms with Crippen molar-refractivity contribution in [1.82, 2.24) is 15.5 Å². The van der Waals surface area contributed by atoms with Crippen LogP contribution in [0.15, 0.2) is 54.7 Å². The van der Waals surface area contributed by atoms with Crippen LogP contribution in [-0.4, -0.2) is 34.6 Å². The lowest BCUT2D eigenvalue weighted by Crippen LogP contribution is -2.33. The second-order valence-corrected chi connectivity index (χ2v) is 6.83. The first-order valence-electron chi connectivity index (χ1n) is 9.57. The highest BCUT2D eigenvalue weighted by Gasteiger charge is 2.25. The second kappa shape index (κ2) is 10.2. The molecule has 0 saturated heterocycles. The van der Waals surface area contributed by atoms with Gasteiger partial charge in [-0.2, -0.15) is 5.10 Å². The van der Waals surface area contributed by atoms with Crippen molar-refractivity contribution >= 4 is 23.6 Å². The Balaban J connectivity index is 1.69. The van der Waals surface area contributed by atoms with Crippen molar-refractivity contribution < 1.29 is 19.1 Å². The molecule has 0 fully saturated rings. The lowest BCUT2D eigenvalue weighted by molar-refractivity contribution is -0.151. The number of aromatic amines is 1. The number of aromatic nitrogens is 2. The Bertz CT molecular complexity index is 849. The molecular weight excluding hydrogens is 372 g/mol. The summed E-state index contributed by atoms with van der Waals surface area (Å²) >= 11 is 0. The van der Waals surface area contributed by atoms with Gasteiger partial charge < -0.3 is 15.4 Å². The molecule has 1 aromatic carbocycles. The number of nitrogens with one attached hydrogen (secondary N) is 3. The second-order valence-electron chi connectivity index (χ2n) is 6.83. The van der Waals surface area contributed by atoms with E-state index in [9.17, 15) is 14.4 Å². The number of benzene rings is 1. The maximum Gasteiger partial charge on any atom is 0.309 e. The minimum atomic E-state index is -0.610. The fraction of sp³-hybridized carbons (Fsp3) is 0.333. The normalized spacial score (nSPS) is 21.8. The van der Waals surface area contributed by atoms with Crippen molar-refractivity contribution in [2.75, 3.05) is 11.9 Å². The van der Waals surface area contributed by atoms with Gasteiger partial charge in [0.15, 0.2) is 0 Å². The molecule has 0 bridgehead atoms. The lowest BCUT2D eigenvalue weighted by Gasteiger charge is -2.21. The summed E-state index contributed by atoms with van der Waals surface area (Å²) in [4.78, 5) is 37.1. The number of amides is 2. The van der Waals surface area contributed by atoms with E-state index >= 15 is 0 Å². The van der Waals surface area contributed by atoms with E-state index in [1.807, 2.05) is 42.5 Å². The van der Waals surface area contributed by atoms with Gasteiger partial charge in [-0.25, -0.2) is 0 Å². The van der Waals surface area contributed by atoms with Gasteiger partial charge in [-0.05, 0) is 18.4 Å². The molecule has 3 N–H and O–H groups in total. The number of cyclic esters (lactones) is 1. The summed E-state index contributed by atoms with van der Waals surface area (Å²) in [6.07, 6.45) is 6.47. The van der Waals surface area contributed by atoms with Crippen molar-refractivity contribution in [1.29, 1.82) is 0 Å². The molecule has 1 aromatic heterocycles. The van der Waals surface area contributed by atoms with E-state index in [1.165, 1.54) is 6.20 Å². The van der Waals surface area contributed by atoms with Gasteiger partial charge in [0.05, 0.1) is 18.2 Å². The third-order valence-electron chi connectivity index (χ3n) is 4.59. The van der Waals surface area contributed by atoms with Crippen molar-refractivity contribution in [3.05, 3.63) is 60.3 Å². The predicted molar refractivity (Wildman–Crippen MR) is 107 cm³/mol. The number of hydrogen-bond donors (Lipinski definition) is 3. The molecule has 29 heavy (non-hydrogen) atoms. The van der Waals surface area contributed by atoms with Gasteiger partial charge in [-0.15, -0.1) is 0 Å². The fourth-order valence-corrected chi connectivity index (χ4v) is 3.06. The minimum Gasteiger partial charge on any atom is -0.463 e. The molecule has 2 heterocycles. The summed E-state index contributed by atoms with van der Waals surface area (Å²) in [6, 6.07) is 10.6. The van der Waals surface area contributed by atoms with Gasteiger partial charge in [-0.3, -0.25) is 19.5 Å². The van der Waals surface area contributed by atoms with Crippen molar-refractivity contribution in [3.8, 4) is 0 Å². The highest BCUT2D eigenvalue weighted by atomic mass is 16.5. The molecule has 8 heteroatoms. The first kappa shape index (κ1) is 20.3. The van der Waals surface area contributed by atoms with E-state index in [4.69, 9.17) is 4.74 Å². The maximum absolute atomic E-state index is 12.7. The summed E-state index contributed by atoms with van der Waals surface area (Å²) in [7, 11) is 0. The summed E-state index contributed by atoms with van der Waals surface area (Å²) in [5.74, 6) is -1.01. The van der Waals surface area contributed by atoms with Crippen LogP contribution in [-0.2, 0) is 19.1 Å². The standard InChI is InChI=1S/C21H24N4O4/c26-19-10-6-2-5-9-16(13-20(27)24-18-11-12-22-25-18)21(28)29-14-17(23-19)15-7-3-1-4-8-15/h1-5,7-8,11-12,16-17H,6,9-10,13-14H2,(H,23,26)(H2,22,24,25,27)/b5-2+/t16-,17-/m0/s1. The minimum absolute atomic E-state index is 0.00937. The molecule has 0 unspecified atom stereocenters. The summed E-state index contributed by atoms with van der Waals surface area (Å²) < 4.78 is 5.49. The van der Waals surface area contributed by atoms with Crippen molar-refractivity contribution in [2.45, 2.75) is 31.7 Å². The van der Waals surface area contributed by atoms with Crippen LogP contribution in [0.2, 0.25) is 0 Å². The fourth-order valence-electron chi connectivity index (χ4n) is 3.06. The number of anilines is 1.